The Bertz CT molecular complexity index is 769. The number of hydrogen-bond acceptors (Lipinski definition) is 4. The minimum atomic E-state index is -5.03. The lowest BCUT2D eigenvalue weighted by atomic mass is 10.1. The second-order valence-electron chi connectivity index (χ2n) is 4.41. The molecular weight excluding hydrogens is 299 g/mol. The molecule has 0 N–H and O–H groups in total. The Morgan fingerprint density at radius 3 is 2.73 bits per heavy atom. The van der Waals surface area contributed by atoms with Gasteiger partial charge in [0, 0.05) is 11.8 Å². The number of hydrogen-bond donors (Lipinski definition) is 0. The van der Waals surface area contributed by atoms with E-state index in [0.29, 0.717) is 17.0 Å². The van der Waals surface area contributed by atoms with Gasteiger partial charge in [0.15, 0.2) is 5.75 Å². The van der Waals surface area contributed by atoms with E-state index < -0.39 is 12.3 Å². The minimum Gasteiger partial charge on any atom is -0.454 e. The number of benzene rings is 1. The van der Waals surface area contributed by atoms with E-state index in [4.69, 9.17) is 4.74 Å². The quantitative estimate of drug-likeness (QED) is 0.637. The lowest BCUT2D eigenvalue weighted by Crippen LogP contribution is -2.19. The summed E-state index contributed by atoms with van der Waals surface area (Å²) < 4.78 is 45.3. The summed E-state index contributed by atoms with van der Waals surface area (Å²) in [5, 5.41) is 0. The molecule has 112 valence electrons. The molecular formula is C15H8F3NO3. The molecule has 0 radical (unpaired) electrons. The molecule has 1 aliphatic rings. The highest BCUT2D eigenvalue weighted by Crippen LogP contribution is 2.33. The van der Waals surface area contributed by atoms with E-state index >= 15 is 0 Å². The van der Waals surface area contributed by atoms with Crippen molar-refractivity contribution < 1.29 is 27.4 Å². The van der Waals surface area contributed by atoms with Crippen LogP contribution in [0.2, 0.25) is 0 Å². The molecule has 0 bridgehead atoms. The summed E-state index contributed by atoms with van der Waals surface area (Å²) in [4.78, 5) is 15.6. The topological polar surface area (TPSA) is 48.4 Å². The number of pyridine rings is 1. The Morgan fingerprint density at radius 2 is 1.95 bits per heavy atom. The molecule has 0 fully saturated rings. The normalized spacial score (nSPS) is 12.7. The van der Waals surface area contributed by atoms with Crippen LogP contribution in [0.15, 0.2) is 36.5 Å². The monoisotopic (exact) mass is 307 g/mol. The van der Waals surface area contributed by atoms with E-state index in [2.05, 4.69) is 9.72 Å². The van der Waals surface area contributed by atoms with Gasteiger partial charge in [-0.1, -0.05) is 6.07 Å². The molecule has 0 aliphatic carbocycles. The summed E-state index contributed by atoms with van der Waals surface area (Å²) in [6.07, 6.45) is -0.0162. The van der Waals surface area contributed by atoms with Gasteiger partial charge >= 0.3 is 12.3 Å². The first-order valence-corrected chi connectivity index (χ1v) is 6.17. The summed E-state index contributed by atoms with van der Waals surface area (Å²) in [6.45, 7) is 0. The van der Waals surface area contributed by atoms with Crippen molar-refractivity contribution >= 4 is 18.1 Å². The van der Waals surface area contributed by atoms with Crippen LogP contribution in [-0.2, 0) is 4.74 Å². The van der Waals surface area contributed by atoms with Crippen molar-refractivity contribution in [2.45, 2.75) is 6.36 Å². The maximum absolute atomic E-state index is 12.1. The molecule has 0 amide bonds. The highest BCUT2D eigenvalue weighted by Gasteiger charge is 2.34. The second kappa shape index (κ2) is 5.18. The van der Waals surface area contributed by atoms with Gasteiger partial charge in [0.2, 0.25) is 0 Å². The average Bonchev–Trinajstić information content (AvgIpc) is 2.63. The molecule has 7 heteroatoms. The Labute approximate surface area is 122 Å². The van der Waals surface area contributed by atoms with E-state index in [-0.39, 0.29) is 11.3 Å². The van der Waals surface area contributed by atoms with Gasteiger partial charge in [-0.25, -0.2) is 4.79 Å². The first-order valence-electron chi connectivity index (χ1n) is 6.17. The van der Waals surface area contributed by atoms with Crippen molar-refractivity contribution in [3.63, 3.8) is 0 Å². The zero-order chi connectivity index (χ0) is 15.7. The fourth-order valence-electron chi connectivity index (χ4n) is 1.95. The smallest absolute Gasteiger partial charge is 0.454 e. The number of nitrogens with zero attached hydrogens (tertiary/aromatic N) is 1. The van der Waals surface area contributed by atoms with Crippen molar-refractivity contribution in [2.75, 3.05) is 0 Å². The molecule has 4 nitrogen and oxygen atoms in total. The molecule has 1 aromatic carbocycles. The predicted octanol–water partition coefficient (Wildman–Crippen LogP) is 4.03. The number of fused-ring (bicyclic) bond motifs is 2. The number of alkyl halides is 3. The van der Waals surface area contributed by atoms with Crippen LogP contribution in [0.25, 0.3) is 12.2 Å². The van der Waals surface area contributed by atoms with Crippen molar-refractivity contribution in [3.05, 3.63) is 53.3 Å². The summed E-state index contributed by atoms with van der Waals surface area (Å²) in [7, 11) is 0. The number of carbonyl (C=O) groups is 1. The maximum Gasteiger partial charge on any atom is 0.575 e. The first kappa shape index (κ1) is 14.1. The van der Waals surface area contributed by atoms with Crippen LogP contribution in [0.4, 0.5) is 13.2 Å². The number of rotatable bonds is 1. The van der Waals surface area contributed by atoms with Gasteiger partial charge in [0.25, 0.3) is 0 Å². The fourth-order valence-corrected chi connectivity index (χ4v) is 1.95. The van der Waals surface area contributed by atoms with Crippen LogP contribution in [0, 0.1) is 0 Å². The van der Waals surface area contributed by atoms with Crippen LogP contribution in [-0.4, -0.2) is 17.3 Å². The van der Waals surface area contributed by atoms with Gasteiger partial charge in [-0.05, 0) is 36.4 Å². The van der Waals surface area contributed by atoms with Crippen molar-refractivity contribution in [1.29, 1.82) is 0 Å². The summed E-state index contributed by atoms with van der Waals surface area (Å²) >= 11 is 0. The molecule has 0 spiro atoms. The molecule has 0 saturated heterocycles. The highest BCUT2D eigenvalue weighted by atomic mass is 19.4. The van der Waals surface area contributed by atoms with Gasteiger partial charge in [-0.3, -0.25) is 4.98 Å². The predicted molar refractivity (Wildman–Crippen MR) is 71.2 cm³/mol. The third kappa shape index (κ3) is 2.93. The highest BCUT2D eigenvalue weighted by molar-refractivity contribution is 5.91. The standard InChI is InChI=1S/C15H8F3NO3/c16-15(17,18)22-14(20)10-4-3-9-5-6-11-12(2-1-7-19-11)21-13(9)8-10/h1-8H. The first-order chi connectivity index (χ1) is 10.4. The van der Waals surface area contributed by atoms with Gasteiger partial charge in [-0.2, -0.15) is 0 Å². The molecule has 2 heterocycles. The molecule has 22 heavy (non-hydrogen) atoms. The van der Waals surface area contributed by atoms with E-state index in [0.717, 1.165) is 0 Å². The molecule has 0 unspecified atom stereocenters. The Balaban J connectivity index is 1.95. The van der Waals surface area contributed by atoms with Crippen molar-refractivity contribution in [1.82, 2.24) is 4.98 Å². The van der Waals surface area contributed by atoms with Crippen molar-refractivity contribution in [2.24, 2.45) is 0 Å². The lowest BCUT2D eigenvalue weighted by Gasteiger charge is -2.11. The largest absolute Gasteiger partial charge is 0.575 e. The van der Waals surface area contributed by atoms with Gasteiger partial charge in [-0.15, -0.1) is 13.2 Å². The third-order valence-corrected chi connectivity index (χ3v) is 2.90. The van der Waals surface area contributed by atoms with Crippen molar-refractivity contribution in [3.8, 4) is 11.5 Å². The van der Waals surface area contributed by atoms with Crippen LogP contribution < -0.4 is 4.74 Å². The van der Waals surface area contributed by atoms with Gasteiger partial charge in [0.1, 0.15) is 11.4 Å². The molecule has 0 atom stereocenters. The Hall–Kier alpha value is -2.83. The lowest BCUT2D eigenvalue weighted by molar-refractivity contribution is -0.291. The fraction of sp³-hybridized carbons (Fsp3) is 0.0667. The average molecular weight is 307 g/mol. The number of ether oxygens (including phenoxy) is 2. The number of carbonyl (C=O) groups excluding carboxylic acids is 1. The SMILES string of the molecule is O=C(OC(F)(F)F)c1ccc2c(c1)Oc1cccnc1C=C2. The number of esters is 1. The van der Waals surface area contributed by atoms with Gasteiger partial charge < -0.3 is 9.47 Å². The molecule has 1 aliphatic heterocycles. The van der Waals surface area contributed by atoms with E-state index in [1.807, 2.05) is 0 Å². The van der Waals surface area contributed by atoms with Crippen LogP contribution in [0.3, 0.4) is 0 Å². The summed E-state index contributed by atoms with van der Waals surface area (Å²) in [5.41, 5.74) is 0.941. The zero-order valence-electron chi connectivity index (χ0n) is 10.9. The van der Waals surface area contributed by atoms with Crippen LogP contribution >= 0.6 is 0 Å². The van der Waals surface area contributed by atoms with Crippen LogP contribution in [0.1, 0.15) is 21.6 Å². The summed E-state index contributed by atoms with van der Waals surface area (Å²) in [5.74, 6) is -0.794. The molecule has 2 aromatic rings. The Morgan fingerprint density at radius 1 is 1.14 bits per heavy atom. The van der Waals surface area contributed by atoms with E-state index in [1.165, 1.54) is 18.2 Å². The van der Waals surface area contributed by atoms with E-state index in [1.54, 1.807) is 30.5 Å². The zero-order valence-corrected chi connectivity index (χ0v) is 10.9. The second-order valence-corrected chi connectivity index (χ2v) is 4.41. The number of halogens is 3. The van der Waals surface area contributed by atoms with Gasteiger partial charge in [0.05, 0.1) is 5.56 Å². The molecule has 0 saturated carbocycles. The van der Waals surface area contributed by atoms with Crippen LogP contribution in [0.5, 0.6) is 11.5 Å². The minimum absolute atomic E-state index is 0.250. The third-order valence-electron chi connectivity index (χ3n) is 2.90. The molecule has 1 aromatic heterocycles. The van der Waals surface area contributed by atoms with E-state index in [9.17, 15) is 18.0 Å². The Kier molecular flexibility index (Phi) is 3.32. The number of aromatic nitrogens is 1. The summed E-state index contributed by atoms with van der Waals surface area (Å²) in [6, 6.07) is 7.26. The maximum atomic E-state index is 12.1. The molecule has 3 rings (SSSR count).